The first kappa shape index (κ1) is 17.5. The van der Waals surface area contributed by atoms with E-state index in [-0.39, 0.29) is 22.8 Å². The van der Waals surface area contributed by atoms with E-state index in [1.807, 2.05) is 22.6 Å². The molecule has 0 saturated carbocycles. The second kappa shape index (κ2) is 7.47. The van der Waals surface area contributed by atoms with Gasteiger partial charge in [0.15, 0.2) is 0 Å². The Labute approximate surface area is 138 Å². The summed E-state index contributed by atoms with van der Waals surface area (Å²) in [7, 11) is 0. The smallest absolute Gasteiger partial charge is 0.238 e. The minimum Gasteiger partial charge on any atom is -0.395 e. The standard InChI is InChI=1S/C7H6FN3.C6H3FIN3/c1-4-2-5(3-9)11-7(8)6(4)10;7-6-5(10)4(8)1-3(2-9)11-6/h2H,10H2,1H3;1H,10H2. The van der Waals surface area contributed by atoms with Gasteiger partial charge in [-0.3, -0.25) is 0 Å². The Kier molecular flexibility index (Phi) is 5.95. The van der Waals surface area contributed by atoms with Crippen molar-refractivity contribution in [3.8, 4) is 12.1 Å². The number of anilines is 2. The fourth-order valence-corrected chi connectivity index (χ4v) is 1.77. The summed E-state index contributed by atoms with van der Waals surface area (Å²) in [6.07, 6.45) is 0. The quantitative estimate of drug-likeness (QED) is 0.503. The van der Waals surface area contributed by atoms with Gasteiger partial charge in [0.25, 0.3) is 0 Å². The first-order chi connectivity index (χ1) is 10.3. The van der Waals surface area contributed by atoms with E-state index in [1.165, 1.54) is 12.1 Å². The molecule has 112 valence electrons. The van der Waals surface area contributed by atoms with Crippen molar-refractivity contribution in [3.63, 3.8) is 0 Å². The lowest BCUT2D eigenvalue weighted by atomic mass is 10.2. The third kappa shape index (κ3) is 4.23. The summed E-state index contributed by atoms with van der Waals surface area (Å²) in [5.41, 5.74) is 11.1. The molecule has 0 aliphatic carbocycles. The summed E-state index contributed by atoms with van der Waals surface area (Å²) in [4.78, 5) is 6.59. The number of rotatable bonds is 0. The lowest BCUT2D eigenvalue weighted by Gasteiger charge is -1.99. The average Bonchev–Trinajstić information content (AvgIpc) is 2.49. The molecule has 2 aromatic heterocycles. The second-order valence-electron chi connectivity index (χ2n) is 3.95. The number of nitrogen functional groups attached to an aromatic ring is 2. The molecule has 0 bridgehead atoms. The Morgan fingerprint density at radius 1 is 1.00 bits per heavy atom. The number of hydrogen-bond donors (Lipinski definition) is 2. The molecule has 2 heterocycles. The molecule has 9 heteroatoms. The maximum atomic E-state index is 12.6. The summed E-state index contributed by atoms with van der Waals surface area (Å²) < 4.78 is 25.8. The van der Waals surface area contributed by atoms with Crippen molar-refractivity contribution >= 4 is 34.0 Å². The zero-order valence-electron chi connectivity index (χ0n) is 11.2. The fraction of sp³-hybridized carbons (Fsp3) is 0.0769. The third-order valence-electron chi connectivity index (χ3n) is 2.41. The highest BCUT2D eigenvalue weighted by atomic mass is 127. The Balaban J connectivity index is 0.000000220. The van der Waals surface area contributed by atoms with Gasteiger partial charge in [-0.2, -0.15) is 19.3 Å². The van der Waals surface area contributed by atoms with Gasteiger partial charge in [-0.05, 0) is 47.2 Å². The molecule has 22 heavy (non-hydrogen) atoms. The molecule has 2 rings (SSSR count). The van der Waals surface area contributed by atoms with Crippen LogP contribution in [0.25, 0.3) is 0 Å². The van der Waals surface area contributed by atoms with E-state index in [4.69, 9.17) is 22.0 Å². The number of nitrogens with zero attached hydrogens (tertiary/aromatic N) is 4. The van der Waals surface area contributed by atoms with E-state index in [2.05, 4.69) is 9.97 Å². The number of hydrogen-bond acceptors (Lipinski definition) is 6. The fourth-order valence-electron chi connectivity index (χ4n) is 1.25. The van der Waals surface area contributed by atoms with Gasteiger partial charge in [-0.1, -0.05) is 0 Å². The van der Waals surface area contributed by atoms with Gasteiger partial charge < -0.3 is 11.5 Å². The van der Waals surface area contributed by atoms with Crippen molar-refractivity contribution in [3.05, 3.63) is 44.5 Å². The number of halogens is 3. The molecule has 0 radical (unpaired) electrons. The van der Waals surface area contributed by atoms with Crippen LogP contribution in [-0.2, 0) is 0 Å². The zero-order chi connectivity index (χ0) is 16.9. The molecular formula is C13H9F2IN6. The number of pyridine rings is 2. The normalized spacial score (nSPS) is 9.18. The summed E-state index contributed by atoms with van der Waals surface area (Å²) in [5.74, 6) is -1.56. The Morgan fingerprint density at radius 3 is 1.86 bits per heavy atom. The molecule has 6 nitrogen and oxygen atoms in total. The largest absolute Gasteiger partial charge is 0.395 e. The molecule has 2 aromatic rings. The molecule has 0 fully saturated rings. The van der Waals surface area contributed by atoms with E-state index in [9.17, 15) is 8.78 Å². The van der Waals surface area contributed by atoms with E-state index in [0.717, 1.165) is 0 Å². The Bertz CT molecular complexity index is 681. The van der Waals surface area contributed by atoms with Gasteiger partial charge in [-0.15, -0.1) is 0 Å². The maximum absolute atomic E-state index is 12.6. The Hall–Kier alpha value is -2.53. The lowest BCUT2D eigenvalue weighted by molar-refractivity contribution is 0.586. The predicted octanol–water partition coefficient (Wildman–Crippen LogP) is 2.26. The van der Waals surface area contributed by atoms with Crippen molar-refractivity contribution in [2.75, 3.05) is 11.5 Å². The highest BCUT2D eigenvalue weighted by molar-refractivity contribution is 14.1. The van der Waals surface area contributed by atoms with Crippen molar-refractivity contribution in [1.82, 2.24) is 9.97 Å². The first-order valence-corrected chi connectivity index (χ1v) is 6.72. The van der Waals surface area contributed by atoms with Gasteiger partial charge in [0.2, 0.25) is 11.9 Å². The van der Waals surface area contributed by atoms with Crippen LogP contribution in [0.2, 0.25) is 0 Å². The van der Waals surface area contributed by atoms with Gasteiger partial charge in [0.1, 0.15) is 29.2 Å². The molecule has 0 unspecified atom stereocenters. The average molecular weight is 414 g/mol. The molecule has 0 aliphatic heterocycles. The van der Waals surface area contributed by atoms with Crippen LogP contribution in [0.3, 0.4) is 0 Å². The van der Waals surface area contributed by atoms with E-state index < -0.39 is 11.9 Å². The minimum atomic E-state index is -0.784. The van der Waals surface area contributed by atoms with E-state index >= 15 is 0 Å². The van der Waals surface area contributed by atoms with E-state index in [0.29, 0.717) is 9.13 Å². The molecule has 0 aliphatic rings. The highest BCUT2D eigenvalue weighted by Gasteiger charge is 2.06. The van der Waals surface area contributed by atoms with Crippen molar-refractivity contribution < 1.29 is 8.78 Å². The Morgan fingerprint density at radius 2 is 1.45 bits per heavy atom. The van der Waals surface area contributed by atoms with Crippen molar-refractivity contribution in [2.45, 2.75) is 6.92 Å². The second-order valence-corrected chi connectivity index (χ2v) is 5.11. The summed E-state index contributed by atoms with van der Waals surface area (Å²) >= 11 is 1.84. The van der Waals surface area contributed by atoms with Crippen LogP contribution < -0.4 is 11.5 Å². The molecule has 0 aromatic carbocycles. The molecular weight excluding hydrogens is 405 g/mol. The maximum Gasteiger partial charge on any atom is 0.238 e. The van der Waals surface area contributed by atoms with Gasteiger partial charge in [0.05, 0.1) is 5.69 Å². The molecule has 0 atom stereocenters. The minimum absolute atomic E-state index is 0.00370. The SMILES string of the molecule is Cc1cc(C#N)nc(F)c1N.N#Cc1cc(I)c(N)c(F)n1. The van der Waals surface area contributed by atoms with Crippen LogP contribution >= 0.6 is 22.6 Å². The van der Waals surface area contributed by atoms with Crippen LogP contribution in [-0.4, -0.2) is 9.97 Å². The van der Waals surface area contributed by atoms with Crippen LogP contribution in [0.1, 0.15) is 17.0 Å². The monoisotopic (exact) mass is 414 g/mol. The van der Waals surface area contributed by atoms with Crippen molar-refractivity contribution in [1.29, 1.82) is 10.5 Å². The first-order valence-electron chi connectivity index (χ1n) is 5.64. The number of aromatic nitrogens is 2. The molecule has 0 spiro atoms. The van der Waals surface area contributed by atoms with Crippen LogP contribution in [0.15, 0.2) is 12.1 Å². The number of nitriles is 2. The van der Waals surface area contributed by atoms with Crippen molar-refractivity contribution in [2.24, 2.45) is 0 Å². The highest BCUT2D eigenvalue weighted by Crippen LogP contribution is 2.17. The third-order valence-corrected chi connectivity index (χ3v) is 3.30. The number of aryl methyl sites for hydroxylation is 1. The molecule has 0 amide bonds. The predicted molar refractivity (Wildman–Crippen MR) is 84.1 cm³/mol. The summed E-state index contributed by atoms with van der Waals surface area (Å²) in [6, 6.07) is 6.33. The van der Waals surface area contributed by atoms with Gasteiger partial charge in [-0.25, -0.2) is 9.97 Å². The molecule has 4 N–H and O–H groups in total. The van der Waals surface area contributed by atoms with Gasteiger partial charge in [0, 0.05) is 3.57 Å². The summed E-state index contributed by atoms with van der Waals surface area (Å²) in [6.45, 7) is 1.63. The molecule has 0 saturated heterocycles. The lowest BCUT2D eigenvalue weighted by Crippen LogP contribution is -1.99. The van der Waals surface area contributed by atoms with Crippen LogP contribution in [0, 0.1) is 45.1 Å². The topological polar surface area (TPSA) is 125 Å². The zero-order valence-corrected chi connectivity index (χ0v) is 13.4. The number of nitrogens with two attached hydrogens (primary N) is 2. The summed E-state index contributed by atoms with van der Waals surface area (Å²) in [5, 5.41) is 16.7. The van der Waals surface area contributed by atoms with Crippen LogP contribution in [0.5, 0.6) is 0 Å². The van der Waals surface area contributed by atoms with Gasteiger partial charge >= 0.3 is 0 Å². The van der Waals surface area contributed by atoms with E-state index in [1.54, 1.807) is 19.1 Å². The van der Waals surface area contributed by atoms with Crippen LogP contribution in [0.4, 0.5) is 20.2 Å².